The average molecular weight is 528 g/mol. The summed E-state index contributed by atoms with van der Waals surface area (Å²) in [6, 6.07) is 0.114. The molecular formula is C30H45N3O3S. The number of rotatable bonds is 18. The third kappa shape index (κ3) is 15.8. The lowest BCUT2D eigenvalue weighted by Gasteiger charge is -2.14. The first kappa shape index (κ1) is 32.3. The Morgan fingerprint density at radius 2 is 1.95 bits per heavy atom. The van der Waals surface area contributed by atoms with Crippen LogP contribution in [0.3, 0.4) is 0 Å². The molecule has 0 aliphatic rings. The first-order valence-corrected chi connectivity index (χ1v) is 13.8. The van der Waals surface area contributed by atoms with E-state index in [0.717, 1.165) is 48.5 Å². The number of aryl methyl sites for hydroxylation is 1. The summed E-state index contributed by atoms with van der Waals surface area (Å²) in [5.74, 6) is 0.0892. The third-order valence-corrected chi connectivity index (χ3v) is 6.49. The van der Waals surface area contributed by atoms with Gasteiger partial charge < -0.3 is 15.0 Å². The molecule has 0 fully saturated rings. The minimum absolute atomic E-state index is 0.0892. The summed E-state index contributed by atoms with van der Waals surface area (Å²) < 4.78 is 5.31. The number of aromatic nitrogens is 1. The Bertz CT molecular complexity index is 972. The zero-order valence-corrected chi connectivity index (χ0v) is 24.3. The molecule has 1 amide bonds. The number of nitrogens with one attached hydrogen (secondary N) is 1. The van der Waals surface area contributed by atoms with Crippen LogP contribution in [0.2, 0.25) is 0 Å². The van der Waals surface area contributed by atoms with Crippen LogP contribution < -0.4 is 5.32 Å². The van der Waals surface area contributed by atoms with Crippen LogP contribution in [0.15, 0.2) is 65.1 Å². The number of nitrogens with zero attached hydrogens (tertiary/aromatic N) is 2. The summed E-state index contributed by atoms with van der Waals surface area (Å²) in [5.41, 5.74) is 4.43. The highest BCUT2D eigenvalue weighted by Crippen LogP contribution is 2.17. The predicted octanol–water partition coefficient (Wildman–Crippen LogP) is 5.98. The molecule has 1 aromatic rings. The zero-order chi connectivity index (χ0) is 27.6. The second-order valence-electron chi connectivity index (χ2n) is 9.79. The molecule has 0 aliphatic heterocycles. The van der Waals surface area contributed by atoms with Gasteiger partial charge in [-0.05, 0) is 73.5 Å². The van der Waals surface area contributed by atoms with Crippen molar-refractivity contribution < 1.29 is 14.3 Å². The molecule has 0 bridgehead atoms. The molecule has 0 aromatic carbocycles. The molecule has 1 aromatic heterocycles. The fourth-order valence-electron chi connectivity index (χ4n) is 3.70. The number of hydrogen-bond acceptors (Lipinski definition) is 6. The number of hydrogen-bond donors (Lipinski definition) is 1. The zero-order valence-electron chi connectivity index (χ0n) is 23.5. The van der Waals surface area contributed by atoms with Gasteiger partial charge in [0.2, 0.25) is 5.91 Å². The van der Waals surface area contributed by atoms with Crippen molar-refractivity contribution in [1.82, 2.24) is 15.2 Å². The van der Waals surface area contributed by atoms with Gasteiger partial charge in [0.05, 0.1) is 10.7 Å². The van der Waals surface area contributed by atoms with E-state index in [1.54, 1.807) is 17.4 Å². The fourth-order valence-corrected chi connectivity index (χ4v) is 4.57. The first-order valence-electron chi connectivity index (χ1n) is 12.9. The maximum Gasteiger partial charge on any atom is 0.293 e. The van der Waals surface area contributed by atoms with Crippen LogP contribution in [-0.2, 0) is 27.2 Å². The van der Waals surface area contributed by atoms with Gasteiger partial charge in [-0.25, -0.2) is 4.98 Å². The Morgan fingerprint density at radius 1 is 1.22 bits per heavy atom. The lowest BCUT2D eigenvalue weighted by atomic mass is 10.1. The van der Waals surface area contributed by atoms with E-state index in [1.165, 1.54) is 11.1 Å². The molecule has 0 spiro atoms. The van der Waals surface area contributed by atoms with E-state index in [1.807, 2.05) is 53.1 Å². The number of likely N-dealkylation sites (N-methyl/N-ethyl adjacent to an activating group) is 1. The Hall–Kier alpha value is -2.77. The third-order valence-electron chi connectivity index (χ3n) is 5.57. The molecule has 37 heavy (non-hydrogen) atoms. The topological polar surface area (TPSA) is 71.5 Å². The highest BCUT2D eigenvalue weighted by Gasteiger charge is 2.12. The van der Waals surface area contributed by atoms with Crippen LogP contribution in [-0.4, -0.2) is 55.0 Å². The van der Waals surface area contributed by atoms with E-state index in [-0.39, 0.29) is 18.1 Å². The van der Waals surface area contributed by atoms with Crippen LogP contribution >= 0.6 is 11.3 Å². The Balaban J connectivity index is 2.51. The van der Waals surface area contributed by atoms with Crippen molar-refractivity contribution in [3.05, 3.63) is 75.8 Å². The maximum atomic E-state index is 12.2. The monoisotopic (exact) mass is 527 g/mol. The number of unbranched alkanes of at least 4 members (excludes halogenated alkanes) is 1. The molecule has 1 N–H and O–H groups in total. The Morgan fingerprint density at radius 3 is 2.62 bits per heavy atom. The largest absolute Gasteiger partial charge is 0.460 e. The van der Waals surface area contributed by atoms with E-state index in [9.17, 15) is 9.59 Å². The number of allylic oxidation sites excluding steroid dienone is 6. The number of amides is 1. The SMILES string of the molecule is C=C/C=C(\C)CC(C)NC(=O)CCCCc1csc(CC(/C=C(C)/C=C/C(C)=C/CN(C)C)OC=O)n1. The van der Waals surface area contributed by atoms with Gasteiger partial charge >= 0.3 is 0 Å². The van der Waals surface area contributed by atoms with Crippen molar-refractivity contribution in [2.24, 2.45) is 0 Å². The molecule has 0 saturated carbocycles. The molecule has 1 heterocycles. The van der Waals surface area contributed by atoms with Crippen LogP contribution in [0.1, 0.15) is 64.1 Å². The van der Waals surface area contributed by atoms with Crippen LogP contribution in [0.25, 0.3) is 0 Å². The van der Waals surface area contributed by atoms with Gasteiger partial charge in [-0.1, -0.05) is 53.7 Å². The molecule has 0 saturated heterocycles. The summed E-state index contributed by atoms with van der Waals surface area (Å²) in [6.07, 6.45) is 16.0. The molecule has 1 rings (SSSR count). The minimum atomic E-state index is -0.358. The van der Waals surface area contributed by atoms with Crippen molar-refractivity contribution >= 4 is 23.7 Å². The van der Waals surface area contributed by atoms with Gasteiger partial charge in [-0.15, -0.1) is 11.3 Å². The minimum Gasteiger partial charge on any atom is -0.460 e. The second-order valence-corrected chi connectivity index (χ2v) is 10.7. The van der Waals surface area contributed by atoms with Gasteiger partial charge in [0, 0.05) is 30.8 Å². The number of ether oxygens (including phenoxy) is 1. The highest BCUT2D eigenvalue weighted by molar-refractivity contribution is 7.09. The standard InChI is InChI=1S/C30H45N3O3S/c1-8-11-24(3)18-26(5)31-29(35)13-10-9-12-27-21-37-30(32-27)20-28(36-22-34)19-25(4)15-14-23(2)16-17-33(6)7/h8,11,14-16,19,21-22,26,28H,1,9-10,12-13,17-18,20H2,2-7H3,(H,31,35)/b15-14+,23-16+,24-11+,25-19+. The summed E-state index contributed by atoms with van der Waals surface area (Å²) in [6.45, 7) is 13.2. The molecule has 2 atom stereocenters. The molecular weight excluding hydrogens is 482 g/mol. The molecule has 0 aliphatic carbocycles. The summed E-state index contributed by atoms with van der Waals surface area (Å²) >= 11 is 1.58. The van der Waals surface area contributed by atoms with Gasteiger partial charge in [0.15, 0.2) is 0 Å². The summed E-state index contributed by atoms with van der Waals surface area (Å²) in [7, 11) is 4.08. The number of carbonyl (C=O) groups excluding carboxylic acids is 2. The highest BCUT2D eigenvalue weighted by atomic mass is 32.1. The molecule has 0 radical (unpaired) electrons. The Labute approximate surface area is 227 Å². The lowest BCUT2D eigenvalue weighted by molar-refractivity contribution is -0.131. The smallest absolute Gasteiger partial charge is 0.293 e. The number of carbonyl (C=O) groups is 2. The lowest BCUT2D eigenvalue weighted by Crippen LogP contribution is -2.32. The predicted molar refractivity (Wildman–Crippen MR) is 156 cm³/mol. The van der Waals surface area contributed by atoms with E-state index >= 15 is 0 Å². The molecule has 204 valence electrons. The summed E-state index contributed by atoms with van der Waals surface area (Å²) in [4.78, 5) is 30.1. The molecule has 2 unspecified atom stereocenters. The van der Waals surface area contributed by atoms with E-state index in [0.29, 0.717) is 19.3 Å². The normalized spacial score (nSPS) is 14.6. The van der Waals surface area contributed by atoms with E-state index in [4.69, 9.17) is 9.72 Å². The molecule has 7 heteroatoms. The quantitative estimate of drug-likeness (QED) is 0.145. The van der Waals surface area contributed by atoms with Crippen LogP contribution in [0, 0.1) is 0 Å². The van der Waals surface area contributed by atoms with Gasteiger partial charge in [-0.2, -0.15) is 0 Å². The maximum absolute atomic E-state index is 12.2. The first-order chi connectivity index (χ1) is 17.6. The van der Waals surface area contributed by atoms with Gasteiger partial charge in [0.25, 0.3) is 6.47 Å². The van der Waals surface area contributed by atoms with Crippen molar-refractivity contribution in [3.63, 3.8) is 0 Å². The van der Waals surface area contributed by atoms with Crippen molar-refractivity contribution in [3.8, 4) is 0 Å². The van der Waals surface area contributed by atoms with Crippen molar-refractivity contribution in [1.29, 1.82) is 0 Å². The Kier molecular flexibility index (Phi) is 16.1. The average Bonchev–Trinajstić information content (AvgIpc) is 3.26. The van der Waals surface area contributed by atoms with E-state index in [2.05, 4.69) is 41.3 Å². The van der Waals surface area contributed by atoms with Gasteiger partial charge in [0.1, 0.15) is 6.10 Å². The van der Waals surface area contributed by atoms with E-state index < -0.39 is 0 Å². The fraction of sp³-hybridized carbons (Fsp3) is 0.500. The summed E-state index contributed by atoms with van der Waals surface area (Å²) in [5, 5.41) is 6.05. The van der Waals surface area contributed by atoms with Crippen molar-refractivity contribution in [2.45, 2.75) is 78.4 Å². The van der Waals surface area contributed by atoms with Crippen LogP contribution in [0.4, 0.5) is 0 Å². The van der Waals surface area contributed by atoms with Crippen molar-refractivity contribution in [2.75, 3.05) is 20.6 Å². The second kappa shape index (κ2) is 18.5. The molecule has 6 nitrogen and oxygen atoms in total. The number of thiazole rings is 1. The van der Waals surface area contributed by atoms with Crippen LogP contribution in [0.5, 0.6) is 0 Å². The van der Waals surface area contributed by atoms with Gasteiger partial charge in [-0.3, -0.25) is 9.59 Å².